The monoisotopic (exact) mass is 186 g/mol. The van der Waals surface area contributed by atoms with Crippen molar-refractivity contribution in [2.45, 2.75) is 11.9 Å². The standard InChI is InChI=1S/C7H10N2O2S/c1-5-3-6(8)4-9-7(5)12(2,10)11/h3-4H,8H2,1-2H3. The molecule has 1 rings (SSSR count). The van der Waals surface area contributed by atoms with E-state index in [9.17, 15) is 8.42 Å². The third kappa shape index (κ3) is 1.73. The molecule has 1 aromatic heterocycles. The molecule has 66 valence electrons. The van der Waals surface area contributed by atoms with Crippen molar-refractivity contribution in [2.75, 3.05) is 12.0 Å². The molecule has 5 heteroatoms. The third-order valence-corrected chi connectivity index (χ3v) is 2.53. The second-order valence-corrected chi connectivity index (χ2v) is 4.59. The van der Waals surface area contributed by atoms with Crippen molar-refractivity contribution in [3.05, 3.63) is 17.8 Å². The Morgan fingerprint density at radius 2 is 2.08 bits per heavy atom. The van der Waals surface area contributed by atoms with E-state index in [1.807, 2.05) is 0 Å². The zero-order valence-corrected chi connectivity index (χ0v) is 7.72. The molecule has 0 amide bonds. The molecule has 0 aliphatic heterocycles. The zero-order chi connectivity index (χ0) is 9.35. The largest absolute Gasteiger partial charge is 0.397 e. The zero-order valence-electron chi connectivity index (χ0n) is 6.90. The van der Waals surface area contributed by atoms with E-state index < -0.39 is 9.84 Å². The first-order valence-electron chi connectivity index (χ1n) is 3.33. The second-order valence-electron chi connectivity index (χ2n) is 2.66. The van der Waals surface area contributed by atoms with Crippen LogP contribution in [-0.2, 0) is 9.84 Å². The minimum atomic E-state index is -3.22. The van der Waals surface area contributed by atoms with Gasteiger partial charge in [0.05, 0.1) is 11.9 Å². The van der Waals surface area contributed by atoms with Crippen LogP contribution in [0.5, 0.6) is 0 Å². The minimum absolute atomic E-state index is 0.0942. The predicted molar refractivity (Wildman–Crippen MR) is 46.5 cm³/mol. The van der Waals surface area contributed by atoms with Crippen LogP contribution in [0.2, 0.25) is 0 Å². The molecule has 0 bridgehead atoms. The highest BCUT2D eigenvalue weighted by Gasteiger charge is 2.11. The summed E-state index contributed by atoms with van der Waals surface area (Å²) < 4.78 is 22.1. The Morgan fingerprint density at radius 3 is 2.50 bits per heavy atom. The van der Waals surface area contributed by atoms with Gasteiger partial charge in [0, 0.05) is 6.26 Å². The number of aromatic nitrogens is 1. The molecular weight excluding hydrogens is 176 g/mol. The van der Waals surface area contributed by atoms with Crippen LogP contribution in [0.25, 0.3) is 0 Å². The van der Waals surface area contributed by atoms with E-state index in [1.165, 1.54) is 6.20 Å². The van der Waals surface area contributed by atoms with Crippen molar-refractivity contribution < 1.29 is 8.42 Å². The molecule has 1 aromatic rings. The minimum Gasteiger partial charge on any atom is -0.397 e. The lowest BCUT2D eigenvalue weighted by atomic mass is 10.3. The molecule has 0 fully saturated rings. The summed E-state index contributed by atoms with van der Waals surface area (Å²) >= 11 is 0. The molecule has 0 aromatic carbocycles. The van der Waals surface area contributed by atoms with Gasteiger partial charge in [-0.3, -0.25) is 0 Å². The fourth-order valence-corrected chi connectivity index (χ4v) is 1.86. The summed E-state index contributed by atoms with van der Waals surface area (Å²) in [5.41, 5.74) is 6.47. The van der Waals surface area contributed by atoms with Crippen LogP contribution in [0.1, 0.15) is 5.56 Å². The Hall–Kier alpha value is -1.10. The summed E-state index contributed by atoms with van der Waals surface area (Å²) in [6.07, 6.45) is 2.46. The van der Waals surface area contributed by atoms with Crippen LogP contribution >= 0.6 is 0 Å². The molecule has 0 atom stereocenters. The molecule has 0 radical (unpaired) electrons. The first-order valence-corrected chi connectivity index (χ1v) is 5.22. The molecule has 2 N–H and O–H groups in total. The number of aryl methyl sites for hydroxylation is 1. The van der Waals surface area contributed by atoms with E-state index in [4.69, 9.17) is 5.73 Å². The van der Waals surface area contributed by atoms with E-state index in [1.54, 1.807) is 13.0 Å². The van der Waals surface area contributed by atoms with E-state index in [2.05, 4.69) is 4.98 Å². The second kappa shape index (κ2) is 2.75. The van der Waals surface area contributed by atoms with E-state index in [0.29, 0.717) is 11.3 Å². The Balaban J connectivity index is 3.39. The van der Waals surface area contributed by atoms with Crippen LogP contribution in [0, 0.1) is 6.92 Å². The Kier molecular flexibility index (Phi) is 2.06. The van der Waals surface area contributed by atoms with Crippen LogP contribution < -0.4 is 5.73 Å². The lowest BCUT2D eigenvalue weighted by Crippen LogP contribution is -2.03. The number of sulfone groups is 1. The summed E-state index contributed by atoms with van der Waals surface area (Å²) in [4.78, 5) is 3.74. The molecule has 12 heavy (non-hydrogen) atoms. The lowest BCUT2D eigenvalue weighted by molar-refractivity contribution is 0.597. The van der Waals surface area contributed by atoms with Gasteiger partial charge in [0.15, 0.2) is 14.9 Å². The number of pyridine rings is 1. The number of nitrogens with zero attached hydrogens (tertiary/aromatic N) is 1. The highest BCUT2D eigenvalue weighted by Crippen LogP contribution is 2.13. The van der Waals surface area contributed by atoms with Crippen LogP contribution in [0.3, 0.4) is 0 Å². The summed E-state index contributed by atoms with van der Waals surface area (Å²) in [6.45, 7) is 1.67. The average Bonchev–Trinajstić information content (AvgIpc) is 1.83. The normalized spacial score (nSPS) is 11.5. The Bertz CT molecular complexity index is 398. The first-order chi connectivity index (χ1) is 5.41. The number of nitrogens with two attached hydrogens (primary N) is 1. The third-order valence-electron chi connectivity index (χ3n) is 1.40. The van der Waals surface area contributed by atoms with Gasteiger partial charge in [-0.25, -0.2) is 13.4 Å². The first kappa shape index (κ1) is 8.99. The molecule has 0 aliphatic rings. The average molecular weight is 186 g/mol. The van der Waals surface area contributed by atoms with Gasteiger partial charge in [-0.15, -0.1) is 0 Å². The summed E-state index contributed by atoms with van der Waals surface area (Å²) in [6, 6.07) is 1.59. The quantitative estimate of drug-likeness (QED) is 0.688. The maximum Gasteiger partial charge on any atom is 0.193 e. The molecule has 4 nitrogen and oxygen atoms in total. The summed E-state index contributed by atoms with van der Waals surface area (Å²) in [5, 5.41) is 0.0942. The van der Waals surface area contributed by atoms with Crippen LogP contribution in [-0.4, -0.2) is 19.7 Å². The maximum absolute atomic E-state index is 11.1. The van der Waals surface area contributed by atoms with E-state index in [-0.39, 0.29) is 5.03 Å². The molecule has 0 aliphatic carbocycles. The smallest absolute Gasteiger partial charge is 0.193 e. The fourth-order valence-electron chi connectivity index (χ4n) is 0.972. The topological polar surface area (TPSA) is 73.0 Å². The summed E-state index contributed by atoms with van der Waals surface area (Å²) in [7, 11) is -3.22. The SMILES string of the molecule is Cc1cc(N)cnc1S(C)(=O)=O. The number of hydrogen-bond donors (Lipinski definition) is 1. The number of nitrogen functional groups attached to an aromatic ring is 1. The Labute approximate surface area is 71.3 Å². The van der Waals surface area contributed by atoms with Crippen molar-refractivity contribution in [1.82, 2.24) is 4.98 Å². The van der Waals surface area contributed by atoms with Crippen molar-refractivity contribution in [3.8, 4) is 0 Å². The van der Waals surface area contributed by atoms with Gasteiger partial charge in [-0.05, 0) is 18.6 Å². The predicted octanol–water partition coefficient (Wildman–Crippen LogP) is 0.376. The molecule has 1 heterocycles. The van der Waals surface area contributed by atoms with Gasteiger partial charge < -0.3 is 5.73 Å². The summed E-state index contributed by atoms with van der Waals surface area (Å²) in [5.74, 6) is 0. The van der Waals surface area contributed by atoms with Crippen LogP contribution in [0.4, 0.5) is 5.69 Å². The molecule has 0 unspecified atom stereocenters. The lowest BCUT2D eigenvalue weighted by Gasteiger charge is -2.01. The van der Waals surface area contributed by atoms with Gasteiger partial charge in [0.25, 0.3) is 0 Å². The van der Waals surface area contributed by atoms with Crippen molar-refractivity contribution in [1.29, 1.82) is 0 Å². The maximum atomic E-state index is 11.1. The van der Waals surface area contributed by atoms with Crippen molar-refractivity contribution in [2.24, 2.45) is 0 Å². The molecule has 0 saturated carbocycles. The highest BCUT2D eigenvalue weighted by molar-refractivity contribution is 7.90. The molecular formula is C7H10N2O2S. The number of anilines is 1. The van der Waals surface area contributed by atoms with E-state index in [0.717, 1.165) is 6.26 Å². The molecule has 0 saturated heterocycles. The number of hydrogen-bond acceptors (Lipinski definition) is 4. The van der Waals surface area contributed by atoms with Gasteiger partial charge in [-0.2, -0.15) is 0 Å². The van der Waals surface area contributed by atoms with Crippen molar-refractivity contribution >= 4 is 15.5 Å². The fraction of sp³-hybridized carbons (Fsp3) is 0.286. The highest BCUT2D eigenvalue weighted by atomic mass is 32.2. The van der Waals surface area contributed by atoms with Crippen LogP contribution in [0.15, 0.2) is 17.3 Å². The van der Waals surface area contributed by atoms with Gasteiger partial charge in [0.2, 0.25) is 0 Å². The number of rotatable bonds is 1. The van der Waals surface area contributed by atoms with Gasteiger partial charge in [0.1, 0.15) is 0 Å². The van der Waals surface area contributed by atoms with E-state index >= 15 is 0 Å². The van der Waals surface area contributed by atoms with Gasteiger partial charge >= 0.3 is 0 Å². The van der Waals surface area contributed by atoms with Crippen molar-refractivity contribution in [3.63, 3.8) is 0 Å². The van der Waals surface area contributed by atoms with Gasteiger partial charge in [-0.1, -0.05) is 0 Å². The Morgan fingerprint density at radius 1 is 1.50 bits per heavy atom. The molecule has 0 spiro atoms.